The number of nitrogens with two attached hydrogens (primary N) is 1. The second-order valence-corrected chi connectivity index (χ2v) is 10.2. The number of allylic oxidation sites excluding steroid dienone is 1. The Kier molecular flexibility index (Phi) is 4.99. The quantitative estimate of drug-likeness (QED) is 0.669. The van der Waals surface area contributed by atoms with E-state index >= 15 is 0 Å². The van der Waals surface area contributed by atoms with Crippen LogP contribution in [0.2, 0.25) is 0 Å². The number of anilines is 2. The van der Waals surface area contributed by atoms with Crippen molar-refractivity contribution in [2.24, 2.45) is 11.1 Å². The Bertz CT molecular complexity index is 1410. The van der Waals surface area contributed by atoms with E-state index in [0.29, 0.717) is 28.9 Å². The molecular formula is C29H28N4O2. The van der Waals surface area contributed by atoms with E-state index in [1.807, 2.05) is 74.2 Å². The number of carbonyl (C=O) groups excluding carboxylic acids is 2. The number of benzene rings is 2. The number of ketones is 1. The molecule has 3 aliphatic rings. The summed E-state index contributed by atoms with van der Waals surface area (Å²) in [4.78, 5) is 31.8. The molecule has 0 saturated heterocycles. The maximum Gasteiger partial charge on any atom is 0.248 e. The number of rotatable bonds is 3. The highest BCUT2D eigenvalue weighted by atomic mass is 16.2. The predicted molar refractivity (Wildman–Crippen MR) is 136 cm³/mol. The molecular weight excluding hydrogens is 436 g/mol. The summed E-state index contributed by atoms with van der Waals surface area (Å²) in [6, 6.07) is 17.4. The fourth-order valence-corrected chi connectivity index (χ4v) is 5.96. The number of para-hydroxylation sites is 2. The second kappa shape index (κ2) is 7.71. The van der Waals surface area contributed by atoms with Crippen LogP contribution in [0.1, 0.15) is 37.8 Å². The topological polar surface area (TPSA) is 90.4 Å². The Morgan fingerprint density at radius 1 is 1.09 bits per heavy atom. The van der Waals surface area contributed by atoms with Gasteiger partial charge in [-0.15, -0.1) is 6.58 Å². The normalized spacial score (nSPS) is 22.9. The van der Waals surface area contributed by atoms with Crippen molar-refractivity contribution in [3.63, 3.8) is 0 Å². The van der Waals surface area contributed by atoms with Crippen LogP contribution in [0.5, 0.6) is 0 Å². The number of hydrogen-bond acceptors (Lipinski definition) is 5. The molecule has 1 amide bonds. The number of hydrogen-bond donors (Lipinski definition) is 1. The van der Waals surface area contributed by atoms with Crippen LogP contribution in [0.3, 0.4) is 0 Å². The molecule has 2 N–H and O–H groups in total. The Morgan fingerprint density at radius 3 is 2.40 bits per heavy atom. The third-order valence-corrected chi connectivity index (χ3v) is 7.31. The fraction of sp³-hybridized carbons (Fsp3) is 0.276. The average molecular weight is 465 g/mol. The molecule has 1 aliphatic carbocycles. The summed E-state index contributed by atoms with van der Waals surface area (Å²) in [5.74, 6) is -0.267. The van der Waals surface area contributed by atoms with E-state index in [4.69, 9.17) is 5.73 Å². The van der Waals surface area contributed by atoms with Crippen molar-refractivity contribution in [1.82, 2.24) is 0 Å². The SMILES string of the molecule is C=CCN1C(=O)C2(C(C#N)=C(N)N(c3ccccc3C)C3=C2C(=O)CC(C)(C)C3)c2ccccc21. The minimum absolute atomic E-state index is 0.0940. The van der Waals surface area contributed by atoms with E-state index in [0.717, 1.165) is 11.3 Å². The molecule has 2 heterocycles. The highest BCUT2D eigenvalue weighted by Crippen LogP contribution is 2.58. The van der Waals surface area contributed by atoms with Gasteiger partial charge in [0.25, 0.3) is 0 Å². The van der Waals surface area contributed by atoms with Crippen LogP contribution >= 0.6 is 0 Å². The summed E-state index contributed by atoms with van der Waals surface area (Å²) in [6.45, 7) is 10.1. The zero-order valence-electron chi connectivity index (χ0n) is 20.3. The van der Waals surface area contributed by atoms with Crippen LogP contribution in [-0.4, -0.2) is 18.2 Å². The van der Waals surface area contributed by atoms with Gasteiger partial charge in [-0.05, 0) is 36.5 Å². The van der Waals surface area contributed by atoms with Crippen molar-refractivity contribution in [3.05, 3.63) is 95.0 Å². The highest BCUT2D eigenvalue weighted by molar-refractivity contribution is 6.21. The van der Waals surface area contributed by atoms with Crippen molar-refractivity contribution >= 4 is 23.1 Å². The van der Waals surface area contributed by atoms with E-state index in [-0.39, 0.29) is 41.5 Å². The lowest BCUT2D eigenvalue weighted by atomic mass is 9.60. The van der Waals surface area contributed by atoms with Gasteiger partial charge in [-0.2, -0.15) is 5.26 Å². The number of nitriles is 1. The van der Waals surface area contributed by atoms with Crippen LogP contribution in [0.25, 0.3) is 0 Å². The first-order valence-corrected chi connectivity index (χ1v) is 11.7. The number of Topliss-reactive ketones (excluding diaryl/α,β-unsaturated/α-hetero) is 1. The number of aryl methyl sites for hydroxylation is 1. The van der Waals surface area contributed by atoms with Crippen LogP contribution in [0, 0.1) is 23.7 Å². The Morgan fingerprint density at radius 2 is 1.74 bits per heavy atom. The maximum atomic E-state index is 14.3. The molecule has 1 unspecified atom stereocenters. The van der Waals surface area contributed by atoms with E-state index < -0.39 is 5.41 Å². The largest absolute Gasteiger partial charge is 0.384 e. The van der Waals surface area contributed by atoms with E-state index in [9.17, 15) is 14.9 Å². The lowest BCUT2D eigenvalue weighted by Crippen LogP contribution is -2.54. The van der Waals surface area contributed by atoms with E-state index in [1.165, 1.54) is 0 Å². The Balaban J connectivity index is 1.93. The fourth-order valence-electron chi connectivity index (χ4n) is 5.96. The van der Waals surface area contributed by atoms with Crippen LogP contribution in [0.4, 0.5) is 11.4 Å². The van der Waals surface area contributed by atoms with Gasteiger partial charge in [0, 0.05) is 35.5 Å². The molecule has 0 saturated carbocycles. The molecule has 0 aromatic heterocycles. The number of nitrogens with zero attached hydrogens (tertiary/aromatic N) is 3. The minimum Gasteiger partial charge on any atom is -0.384 e. The minimum atomic E-state index is -1.57. The highest BCUT2D eigenvalue weighted by Gasteiger charge is 2.63. The lowest BCUT2D eigenvalue weighted by Gasteiger charge is -2.47. The average Bonchev–Trinajstić information content (AvgIpc) is 3.03. The summed E-state index contributed by atoms with van der Waals surface area (Å²) in [6.07, 6.45) is 2.47. The zero-order valence-corrected chi connectivity index (χ0v) is 20.3. The molecule has 0 radical (unpaired) electrons. The first kappa shape index (κ1) is 22.7. The van der Waals surface area contributed by atoms with Gasteiger partial charge in [-0.25, -0.2) is 0 Å². The molecule has 2 aromatic carbocycles. The van der Waals surface area contributed by atoms with Crippen molar-refractivity contribution in [1.29, 1.82) is 5.26 Å². The molecule has 0 fully saturated rings. The predicted octanol–water partition coefficient (Wildman–Crippen LogP) is 4.62. The molecule has 1 spiro atoms. The van der Waals surface area contributed by atoms with Gasteiger partial charge in [0.2, 0.25) is 5.91 Å². The van der Waals surface area contributed by atoms with Gasteiger partial charge in [0.05, 0.1) is 11.3 Å². The third kappa shape index (κ3) is 2.94. The third-order valence-electron chi connectivity index (χ3n) is 7.31. The molecule has 6 heteroatoms. The standard InChI is InChI=1S/C29H28N4O2/c1-5-14-32-22-13-9-7-11-19(22)29(27(32)35)20(17-30)26(31)33(21-12-8-6-10-18(21)2)23-15-28(3,4)16-24(34)25(23)29/h5-13H,1,14-16,31H2,2-4H3. The number of carbonyl (C=O) groups is 2. The van der Waals surface area contributed by atoms with E-state index in [1.54, 1.807) is 11.0 Å². The van der Waals surface area contributed by atoms with Gasteiger partial charge in [-0.3, -0.25) is 14.5 Å². The first-order valence-electron chi connectivity index (χ1n) is 11.7. The Labute approximate surface area is 205 Å². The zero-order chi connectivity index (χ0) is 25.1. The lowest BCUT2D eigenvalue weighted by molar-refractivity contribution is -0.125. The van der Waals surface area contributed by atoms with Gasteiger partial charge in [0.1, 0.15) is 17.3 Å². The molecule has 2 aliphatic heterocycles. The summed E-state index contributed by atoms with van der Waals surface area (Å²) in [5.41, 5.74) is 9.13. The monoisotopic (exact) mass is 464 g/mol. The van der Waals surface area contributed by atoms with Gasteiger partial charge >= 0.3 is 0 Å². The maximum absolute atomic E-state index is 14.3. The molecule has 5 rings (SSSR count). The van der Waals surface area contributed by atoms with Crippen molar-refractivity contribution in [3.8, 4) is 6.07 Å². The summed E-state index contributed by atoms with van der Waals surface area (Å²) in [5, 5.41) is 10.5. The molecule has 6 nitrogen and oxygen atoms in total. The number of amides is 1. The summed E-state index contributed by atoms with van der Waals surface area (Å²) in [7, 11) is 0. The summed E-state index contributed by atoms with van der Waals surface area (Å²) >= 11 is 0. The van der Waals surface area contributed by atoms with Crippen molar-refractivity contribution < 1.29 is 9.59 Å². The van der Waals surface area contributed by atoms with Crippen LogP contribution < -0.4 is 15.5 Å². The molecule has 2 aromatic rings. The van der Waals surface area contributed by atoms with Crippen molar-refractivity contribution in [2.45, 2.75) is 39.0 Å². The Hall–Kier alpha value is -4.11. The molecule has 176 valence electrons. The van der Waals surface area contributed by atoms with E-state index in [2.05, 4.69) is 12.6 Å². The van der Waals surface area contributed by atoms with Gasteiger partial charge < -0.3 is 10.6 Å². The first-order chi connectivity index (χ1) is 16.7. The second-order valence-electron chi connectivity index (χ2n) is 10.2. The molecule has 1 atom stereocenters. The van der Waals surface area contributed by atoms with Crippen LogP contribution in [-0.2, 0) is 15.0 Å². The smallest absolute Gasteiger partial charge is 0.248 e. The molecule has 35 heavy (non-hydrogen) atoms. The van der Waals surface area contributed by atoms with Crippen LogP contribution in [0.15, 0.2) is 83.9 Å². The number of fused-ring (bicyclic) bond motifs is 3. The summed E-state index contributed by atoms with van der Waals surface area (Å²) < 4.78 is 0. The van der Waals surface area contributed by atoms with Gasteiger partial charge in [-0.1, -0.05) is 56.3 Å². The molecule has 0 bridgehead atoms. The van der Waals surface area contributed by atoms with Crippen molar-refractivity contribution in [2.75, 3.05) is 16.3 Å². The van der Waals surface area contributed by atoms with Gasteiger partial charge in [0.15, 0.2) is 5.78 Å².